The van der Waals surface area contributed by atoms with Gasteiger partial charge in [-0.1, -0.05) is 12.1 Å². The van der Waals surface area contributed by atoms with Gasteiger partial charge in [0.15, 0.2) is 5.65 Å². The maximum absolute atomic E-state index is 12.5. The van der Waals surface area contributed by atoms with E-state index in [-0.39, 0.29) is 30.0 Å². The van der Waals surface area contributed by atoms with E-state index < -0.39 is 0 Å². The molecule has 3 heterocycles. The monoisotopic (exact) mass is 378 g/mol. The van der Waals surface area contributed by atoms with Crippen LogP contribution in [0.15, 0.2) is 46.1 Å². The van der Waals surface area contributed by atoms with E-state index in [1.807, 2.05) is 20.0 Å². The molecule has 4 rings (SSSR count). The lowest BCUT2D eigenvalue weighted by atomic mass is 10.2. The molecule has 0 spiro atoms. The number of amides is 1. The Kier molecular flexibility index (Phi) is 4.26. The Bertz CT molecular complexity index is 1330. The third kappa shape index (κ3) is 3.07. The number of H-pyrrole nitrogens is 1. The van der Waals surface area contributed by atoms with E-state index in [2.05, 4.69) is 20.5 Å². The molecule has 0 radical (unpaired) electrons. The van der Waals surface area contributed by atoms with Crippen molar-refractivity contribution in [3.63, 3.8) is 0 Å². The normalized spacial score (nSPS) is 11.2. The number of aromatic nitrogens is 5. The molecule has 0 aliphatic carbocycles. The van der Waals surface area contributed by atoms with Gasteiger partial charge in [-0.05, 0) is 25.1 Å². The summed E-state index contributed by atoms with van der Waals surface area (Å²) in [6.45, 7) is 1.93. The molecule has 0 aliphatic heterocycles. The number of anilines is 1. The molecule has 28 heavy (non-hydrogen) atoms. The van der Waals surface area contributed by atoms with Crippen molar-refractivity contribution < 1.29 is 4.79 Å². The molecule has 1 amide bonds. The fourth-order valence-electron chi connectivity index (χ4n) is 3.22. The Morgan fingerprint density at radius 2 is 1.93 bits per heavy atom. The number of aryl methyl sites for hydroxylation is 3. The van der Waals surface area contributed by atoms with Gasteiger partial charge < -0.3 is 5.32 Å². The topological polar surface area (TPSA) is 115 Å². The summed E-state index contributed by atoms with van der Waals surface area (Å²) in [5, 5.41) is 11.1. The fraction of sp³-hybridized carbons (Fsp3) is 0.211. The summed E-state index contributed by atoms with van der Waals surface area (Å²) in [6, 6.07) is 8.40. The predicted octanol–water partition coefficient (Wildman–Crippen LogP) is 1.31. The van der Waals surface area contributed by atoms with Gasteiger partial charge in [0.2, 0.25) is 5.91 Å². The van der Waals surface area contributed by atoms with Crippen LogP contribution in [0.3, 0.4) is 0 Å². The minimum atomic E-state index is -0.364. The van der Waals surface area contributed by atoms with Gasteiger partial charge >= 0.3 is 0 Å². The van der Waals surface area contributed by atoms with Gasteiger partial charge in [0.25, 0.3) is 11.1 Å². The molecule has 9 heteroatoms. The smallest absolute Gasteiger partial charge is 0.273 e. The summed E-state index contributed by atoms with van der Waals surface area (Å²) >= 11 is 0. The van der Waals surface area contributed by atoms with Crippen LogP contribution in [-0.4, -0.2) is 30.5 Å². The van der Waals surface area contributed by atoms with Crippen molar-refractivity contribution in [2.75, 3.05) is 5.32 Å². The first-order chi connectivity index (χ1) is 13.4. The first kappa shape index (κ1) is 17.7. The number of pyridine rings is 1. The average molecular weight is 378 g/mol. The number of benzene rings is 1. The van der Waals surface area contributed by atoms with Gasteiger partial charge in [-0.3, -0.25) is 24.2 Å². The zero-order valence-electron chi connectivity index (χ0n) is 15.4. The number of hydrogen-bond donors (Lipinski definition) is 2. The van der Waals surface area contributed by atoms with Crippen molar-refractivity contribution in [3.8, 4) is 0 Å². The highest BCUT2D eigenvalue weighted by molar-refractivity contribution is 5.93. The molecule has 4 aromatic rings. The highest BCUT2D eigenvalue weighted by Gasteiger charge is 2.11. The summed E-state index contributed by atoms with van der Waals surface area (Å²) in [6.07, 6.45) is 1.59. The molecule has 142 valence electrons. The van der Waals surface area contributed by atoms with Crippen molar-refractivity contribution in [3.05, 3.63) is 62.9 Å². The van der Waals surface area contributed by atoms with Crippen LogP contribution in [0.25, 0.3) is 21.8 Å². The summed E-state index contributed by atoms with van der Waals surface area (Å²) in [4.78, 5) is 41.2. The number of hydrogen-bond acceptors (Lipinski definition) is 5. The molecule has 0 bridgehead atoms. The number of carbonyl (C=O) groups excluding carboxylic acids is 1. The van der Waals surface area contributed by atoms with Crippen molar-refractivity contribution in [2.24, 2.45) is 7.05 Å². The molecule has 2 N–H and O–H groups in total. The summed E-state index contributed by atoms with van der Waals surface area (Å²) < 4.78 is 2.84. The van der Waals surface area contributed by atoms with E-state index in [4.69, 9.17) is 0 Å². The molecule has 0 aliphatic rings. The molecule has 0 unspecified atom stereocenters. The Balaban J connectivity index is 1.51. The van der Waals surface area contributed by atoms with Crippen LogP contribution in [-0.2, 0) is 18.4 Å². The third-order valence-corrected chi connectivity index (χ3v) is 4.59. The molecule has 0 atom stereocenters. The van der Waals surface area contributed by atoms with Crippen LogP contribution in [0.2, 0.25) is 0 Å². The second-order valence-corrected chi connectivity index (χ2v) is 6.55. The lowest BCUT2D eigenvalue weighted by Gasteiger charge is -2.08. The molecular formula is C19H18N6O3. The van der Waals surface area contributed by atoms with E-state index in [9.17, 15) is 14.4 Å². The zero-order valence-corrected chi connectivity index (χ0v) is 15.4. The molecule has 9 nitrogen and oxygen atoms in total. The van der Waals surface area contributed by atoms with Gasteiger partial charge in [-0.2, -0.15) is 5.10 Å². The van der Waals surface area contributed by atoms with Crippen LogP contribution in [0, 0.1) is 6.92 Å². The number of nitrogens with one attached hydrogen (secondary N) is 2. The largest absolute Gasteiger partial charge is 0.325 e. The van der Waals surface area contributed by atoms with Crippen molar-refractivity contribution in [1.82, 2.24) is 24.5 Å². The number of carbonyl (C=O) groups is 1. The van der Waals surface area contributed by atoms with Crippen molar-refractivity contribution in [2.45, 2.75) is 19.9 Å². The standard InChI is InChI=1S/C19H18N6O3/c1-11-15-9-12(10-20-17(15)24(2)22-11)21-16(26)7-8-25-19(28)14-6-4-3-5-13(14)18(27)23-25/h3-6,9-10H,7-8H2,1-2H3,(H,21,26)(H,23,27). The molecule has 3 aromatic heterocycles. The Morgan fingerprint density at radius 3 is 2.71 bits per heavy atom. The van der Waals surface area contributed by atoms with Crippen LogP contribution >= 0.6 is 0 Å². The van der Waals surface area contributed by atoms with E-state index in [1.165, 1.54) is 0 Å². The Morgan fingerprint density at radius 1 is 1.18 bits per heavy atom. The molecular weight excluding hydrogens is 360 g/mol. The van der Waals surface area contributed by atoms with Crippen LogP contribution < -0.4 is 16.4 Å². The van der Waals surface area contributed by atoms with Crippen LogP contribution in [0.4, 0.5) is 5.69 Å². The second kappa shape index (κ2) is 6.76. The number of nitrogens with zero attached hydrogens (tertiary/aromatic N) is 4. The van der Waals surface area contributed by atoms with Gasteiger partial charge in [-0.25, -0.2) is 9.67 Å². The molecule has 0 saturated heterocycles. The lowest BCUT2D eigenvalue weighted by molar-refractivity contribution is -0.116. The SMILES string of the molecule is Cc1nn(C)c2ncc(NC(=O)CCn3[nH]c(=O)c4ccccc4c3=O)cc12. The van der Waals surface area contributed by atoms with E-state index in [1.54, 1.807) is 35.1 Å². The van der Waals surface area contributed by atoms with E-state index >= 15 is 0 Å². The minimum absolute atomic E-state index is 0.0260. The van der Waals surface area contributed by atoms with Gasteiger partial charge in [0, 0.05) is 18.9 Å². The molecule has 1 aromatic carbocycles. The predicted molar refractivity (Wildman–Crippen MR) is 105 cm³/mol. The van der Waals surface area contributed by atoms with E-state index in [0.29, 0.717) is 16.5 Å². The maximum atomic E-state index is 12.5. The molecule has 0 fully saturated rings. The average Bonchev–Trinajstić information content (AvgIpc) is 2.97. The maximum Gasteiger partial charge on any atom is 0.273 e. The first-order valence-corrected chi connectivity index (χ1v) is 8.75. The van der Waals surface area contributed by atoms with Crippen LogP contribution in [0.5, 0.6) is 0 Å². The van der Waals surface area contributed by atoms with E-state index in [0.717, 1.165) is 21.4 Å². The zero-order chi connectivity index (χ0) is 19.8. The summed E-state index contributed by atoms with van der Waals surface area (Å²) in [7, 11) is 1.81. The number of rotatable bonds is 4. The quantitative estimate of drug-likeness (QED) is 0.556. The fourth-order valence-corrected chi connectivity index (χ4v) is 3.22. The van der Waals surface area contributed by atoms with Crippen molar-refractivity contribution >= 4 is 33.4 Å². The molecule has 0 saturated carbocycles. The van der Waals surface area contributed by atoms with Crippen LogP contribution in [0.1, 0.15) is 12.1 Å². The Hall–Kier alpha value is -3.75. The number of aromatic amines is 1. The number of fused-ring (bicyclic) bond motifs is 2. The minimum Gasteiger partial charge on any atom is -0.325 e. The first-order valence-electron chi connectivity index (χ1n) is 8.75. The lowest BCUT2D eigenvalue weighted by Crippen LogP contribution is -2.31. The summed E-state index contributed by atoms with van der Waals surface area (Å²) in [5.41, 5.74) is 1.40. The second-order valence-electron chi connectivity index (χ2n) is 6.55. The highest BCUT2D eigenvalue weighted by Crippen LogP contribution is 2.19. The Labute approximate surface area is 158 Å². The summed E-state index contributed by atoms with van der Waals surface area (Å²) in [5.74, 6) is -0.288. The van der Waals surface area contributed by atoms with Gasteiger partial charge in [-0.15, -0.1) is 0 Å². The van der Waals surface area contributed by atoms with Gasteiger partial charge in [0.05, 0.1) is 34.9 Å². The highest BCUT2D eigenvalue weighted by atomic mass is 16.2. The van der Waals surface area contributed by atoms with Crippen molar-refractivity contribution in [1.29, 1.82) is 0 Å². The third-order valence-electron chi connectivity index (χ3n) is 4.59. The van der Waals surface area contributed by atoms with Gasteiger partial charge in [0.1, 0.15) is 0 Å².